The predicted octanol–water partition coefficient (Wildman–Crippen LogP) is 1.65. The van der Waals surface area contributed by atoms with Crippen molar-refractivity contribution in [3.8, 4) is 0 Å². The molecule has 6 nitrogen and oxygen atoms in total. The second kappa shape index (κ2) is 5.93. The summed E-state index contributed by atoms with van der Waals surface area (Å²) in [4.78, 5) is 41.5. The van der Waals surface area contributed by atoms with Gasteiger partial charge in [0.2, 0.25) is 17.7 Å². The summed E-state index contributed by atoms with van der Waals surface area (Å²) in [5.41, 5.74) is 0. The number of thiazole rings is 1. The first-order chi connectivity index (χ1) is 10.2. The lowest BCUT2D eigenvalue weighted by molar-refractivity contribution is -0.140. The molecule has 1 N–H and O–H groups in total. The normalized spacial score (nSPS) is 25.0. The van der Waals surface area contributed by atoms with Gasteiger partial charge in [-0.1, -0.05) is 12.8 Å². The second-order valence-electron chi connectivity index (χ2n) is 5.46. The van der Waals surface area contributed by atoms with Crippen molar-refractivity contribution < 1.29 is 14.4 Å². The average molecular weight is 307 g/mol. The molecule has 1 saturated heterocycles. The average Bonchev–Trinajstić information content (AvgIpc) is 3.07. The number of aromatic nitrogens is 1. The number of carbonyl (C=O) groups excluding carboxylic acids is 3. The Kier molecular flexibility index (Phi) is 4.01. The highest BCUT2D eigenvalue weighted by Crippen LogP contribution is 2.37. The molecule has 0 spiro atoms. The van der Waals surface area contributed by atoms with Crippen LogP contribution in [0, 0.1) is 11.8 Å². The fraction of sp³-hybridized carbons (Fsp3) is 0.571. The number of amides is 3. The lowest BCUT2D eigenvalue weighted by Crippen LogP contribution is -2.34. The van der Waals surface area contributed by atoms with Crippen molar-refractivity contribution in [2.75, 3.05) is 11.9 Å². The highest BCUT2D eigenvalue weighted by molar-refractivity contribution is 7.13. The van der Waals surface area contributed by atoms with E-state index in [0.717, 1.165) is 25.7 Å². The number of nitrogens with one attached hydrogen (secondary N) is 1. The lowest BCUT2D eigenvalue weighted by atomic mass is 9.81. The van der Waals surface area contributed by atoms with Gasteiger partial charge >= 0.3 is 0 Å². The van der Waals surface area contributed by atoms with Crippen molar-refractivity contribution >= 4 is 34.2 Å². The molecule has 3 rings (SSSR count). The Bertz CT molecular complexity index is 534. The highest BCUT2D eigenvalue weighted by Gasteiger charge is 2.47. The van der Waals surface area contributed by atoms with E-state index >= 15 is 0 Å². The molecule has 1 aromatic heterocycles. The van der Waals surface area contributed by atoms with E-state index in [1.54, 1.807) is 11.6 Å². The van der Waals surface area contributed by atoms with Crippen LogP contribution in [-0.4, -0.2) is 34.2 Å². The Morgan fingerprint density at radius 3 is 2.52 bits per heavy atom. The Labute approximate surface area is 126 Å². The molecular weight excluding hydrogens is 290 g/mol. The molecule has 0 unspecified atom stereocenters. The molecule has 1 aliphatic carbocycles. The summed E-state index contributed by atoms with van der Waals surface area (Å²) in [6.45, 7) is 0.169. The van der Waals surface area contributed by atoms with E-state index < -0.39 is 0 Å². The summed E-state index contributed by atoms with van der Waals surface area (Å²) in [5.74, 6) is -0.694. The van der Waals surface area contributed by atoms with Crippen LogP contribution in [0.2, 0.25) is 0 Å². The summed E-state index contributed by atoms with van der Waals surface area (Å²) in [6, 6.07) is 0. The van der Waals surface area contributed by atoms with Crippen molar-refractivity contribution in [2.45, 2.75) is 32.1 Å². The van der Waals surface area contributed by atoms with Crippen LogP contribution in [0.5, 0.6) is 0 Å². The zero-order valence-corrected chi connectivity index (χ0v) is 12.4. The van der Waals surface area contributed by atoms with Gasteiger partial charge in [-0.3, -0.25) is 19.3 Å². The number of carbonyl (C=O) groups is 3. The molecule has 1 aromatic rings. The number of anilines is 1. The fourth-order valence-corrected chi connectivity index (χ4v) is 3.68. The van der Waals surface area contributed by atoms with E-state index in [4.69, 9.17) is 0 Å². The van der Waals surface area contributed by atoms with Gasteiger partial charge in [-0.15, -0.1) is 11.3 Å². The van der Waals surface area contributed by atoms with Gasteiger partial charge in [-0.2, -0.15) is 0 Å². The highest BCUT2D eigenvalue weighted by atomic mass is 32.1. The van der Waals surface area contributed by atoms with E-state index in [1.165, 1.54) is 16.2 Å². The molecule has 112 valence electrons. The van der Waals surface area contributed by atoms with Gasteiger partial charge < -0.3 is 5.32 Å². The van der Waals surface area contributed by atoms with E-state index in [2.05, 4.69) is 10.3 Å². The third kappa shape index (κ3) is 2.83. The molecule has 1 saturated carbocycles. The summed E-state index contributed by atoms with van der Waals surface area (Å²) in [7, 11) is 0. The quantitative estimate of drug-likeness (QED) is 0.858. The number of likely N-dealkylation sites (tertiary alicyclic amines) is 1. The molecule has 2 aliphatic rings. The Hall–Kier alpha value is -1.76. The smallest absolute Gasteiger partial charge is 0.233 e. The van der Waals surface area contributed by atoms with Crippen molar-refractivity contribution in [1.29, 1.82) is 0 Å². The number of fused-ring (bicyclic) bond motifs is 1. The molecule has 0 bridgehead atoms. The molecule has 2 atom stereocenters. The van der Waals surface area contributed by atoms with Crippen LogP contribution in [0.4, 0.5) is 5.13 Å². The van der Waals surface area contributed by atoms with Gasteiger partial charge in [-0.05, 0) is 12.8 Å². The predicted molar refractivity (Wildman–Crippen MR) is 77.5 cm³/mol. The summed E-state index contributed by atoms with van der Waals surface area (Å²) < 4.78 is 0. The first-order valence-electron chi connectivity index (χ1n) is 7.21. The minimum atomic E-state index is -0.222. The summed E-state index contributed by atoms with van der Waals surface area (Å²) in [6.07, 6.45) is 5.36. The summed E-state index contributed by atoms with van der Waals surface area (Å²) in [5, 5.41) is 4.96. The van der Waals surface area contributed by atoms with Crippen molar-refractivity contribution in [1.82, 2.24) is 9.88 Å². The van der Waals surface area contributed by atoms with Crippen LogP contribution in [0.3, 0.4) is 0 Å². The van der Waals surface area contributed by atoms with Crippen molar-refractivity contribution in [3.63, 3.8) is 0 Å². The van der Waals surface area contributed by atoms with Crippen LogP contribution in [0.1, 0.15) is 32.1 Å². The molecule has 0 radical (unpaired) electrons. The Balaban J connectivity index is 1.56. The number of hydrogen-bond acceptors (Lipinski definition) is 5. The molecule has 3 amide bonds. The number of hydrogen-bond donors (Lipinski definition) is 1. The fourth-order valence-electron chi connectivity index (χ4n) is 3.13. The molecule has 0 aromatic carbocycles. The van der Waals surface area contributed by atoms with Crippen LogP contribution >= 0.6 is 11.3 Å². The van der Waals surface area contributed by atoms with E-state index in [-0.39, 0.29) is 42.5 Å². The molecular formula is C14H17N3O3S. The van der Waals surface area contributed by atoms with Crippen LogP contribution in [0.25, 0.3) is 0 Å². The van der Waals surface area contributed by atoms with E-state index in [9.17, 15) is 14.4 Å². The maximum Gasteiger partial charge on any atom is 0.233 e. The Morgan fingerprint density at radius 2 is 1.95 bits per heavy atom. The lowest BCUT2D eigenvalue weighted by Gasteiger charge is -2.19. The van der Waals surface area contributed by atoms with Crippen LogP contribution in [-0.2, 0) is 14.4 Å². The van der Waals surface area contributed by atoms with Gasteiger partial charge in [-0.25, -0.2) is 4.98 Å². The molecule has 7 heteroatoms. The third-order valence-corrected chi connectivity index (χ3v) is 4.86. The van der Waals surface area contributed by atoms with Crippen molar-refractivity contribution in [3.05, 3.63) is 11.6 Å². The zero-order valence-electron chi connectivity index (χ0n) is 11.6. The molecule has 1 aliphatic heterocycles. The van der Waals surface area contributed by atoms with Crippen LogP contribution < -0.4 is 5.32 Å². The summed E-state index contributed by atoms with van der Waals surface area (Å²) >= 11 is 1.34. The molecule has 21 heavy (non-hydrogen) atoms. The maximum atomic E-state index is 12.2. The molecule has 2 heterocycles. The standard InChI is InChI=1S/C14H17N3O3S/c18-11(16-14-15-6-8-21-14)5-7-17-12(19)9-3-1-2-4-10(9)13(17)20/h6,8-10H,1-5,7H2,(H,15,16,18)/t9-,10-/m1/s1. The minimum absolute atomic E-state index is 0.0910. The SMILES string of the molecule is O=C(CCN1C(=O)[C@@H]2CCCC[C@H]2C1=O)Nc1nccs1. The van der Waals surface area contributed by atoms with E-state index in [1.807, 2.05) is 0 Å². The second-order valence-corrected chi connectivity index (χ2v) is 6.36. The van der Waals surface area contributed by atoms with Gasteiger partial charge in [0.1, 0.15) is 0 Å². The van der Waals surface area contributed by atoms with Crippen molar-refractivity contribution in [2.24, 2.45) is 11.8 Å². The molecule has 2 fully saturated rings. The van der Waals surface area contributed by atoms with E-state index in [0.29, 0.717) is 5.13 Å². The van der Waals surface area contributed by atoms with Gasteiger partial charge in [0.15, 0.2) is 5.13 Å². The first kappa shape index (κ1) is 14.2. The minimum Gasteiger partial charge on any atom is -0.302 e. The largest absolute Gasteiger partial charge is 0.302 e. The monoisotopic (exact) mass is 307 g/mol. The topological polar surface area (TPSA) is 79.4 Å². The number of nitrogens with zero attached hydrogens (tertiary/aromatic N) is 2. The van der Waals surface area contributed by atoms with Gasteiger partial charge in [0, 0.05) is 24.5 Å². The maximum absolute atomic E-state index is 12.2. The third-order valence-electron chi connectivity index (χ3n) is 4.17. The van der Waals surface area contributed by atoms with Gasteiger partial charge in [0.05, 0.1) is 11.8 Å². The Morgan fingerprint density at radius 1 is 1.29 bits per heavy atom. The number of imide groups is 1. The van der Waals surface area contributed by atoms with Crippen LogP contribution in [0.15, 0.2) is 11.6 Å². The zero-order chi connectivity index (χ0) is 14.8. The number of rotatable bonds is 4. The van der Waals surface area contributed by atoms with Gasteiger partial charge in [0.25, 0.3) is 0 Å². The first-order valence-corrected chi connectivity index (χ1v) is 8.09.